The number of ketones is 1. The van der Waals surface area contributed by atoms with E-state index in [1.807, 2.05) is 42.5 Å². The molecule has 0 spiro atoms. The van der Waals surface area contributed by atoms with Gasteiger partial charge < -0.3 is 4.74 Å². The van der Waals surface area contributed by atoms with Crippen LogP contribution in [0.25, 0.3) is 0 Å². The number of alkyl halides is 1. The second-order valence-corrected chi connectivity index (χ2v) is 4.89. The van der Waals surface area contributed by atoms with Crippen molar-refractivity contribution in [1.82, 2.24) is 0 Å². The smallest absolute Gasteiger partial charge is 0.162 e. The zero-order chi connectivity index (χ0) is 14.2. The lowest BCUT2D eigenvalue weighted by atomic mass is 10.1. The fourth-order valence-corrected chi connectivity index (χ4v) is 2.05. The fourth-order valence-electron chi connectivity index (χ4n) is 1.86. The van der Waals surface area contributed by atoms with Crippen molar-refractivity contribution in [1.29, 1.82) is 0 Å². The summed E-state index contributed by atoms with van der Waals surface area (Å²) in [5.74, 6) is 2.28. The van der Waals surface area contributed by atoms with Crippen LogP contribution >= 0.6 is 11.6 Å². The summed E-state index contributed by atoms with van der Waals surface area (Å²) in [5.41, 5.74) is 0.722. The van der Waals surface area contributed by atoms with Gasteiger partial charge in [-0.05, 0) is 49.2 Å². The fraction of sp³-hybridized carbons (Fsp3) is 0.235. The second-order valence-electron chi connectivity index (χ2n) is 4.51. The van der Waals surface area contributed by atoms with E-state index >= 15 is 0 Å². The molecular weight excluding hydrogens is 272 g/mol. The molecule has 0 heterocycles. The Morgan fingerprint density at radius 2 is 1.55 bits per heavy atom. The molecule has 0 N–H and O–H groups in total. The summed E-state index contributed by atoms with van der Waals surface area (Å²) in [6.07, 6.45) is 2.26. The van der Waals surface area contributed by atoms with Gasteiger partial charge in [-0.25, -0.2) is 0 Å². The Kier molecular flexibility index (Phi) is 5.63. The summed E-state index contributed by atoms with van der Waals surface area (Å²) in [6.45, 7) is 0. The van der Waals surface area contributed by atoms with Gasteiger partial charge in [0.1, 0.15) is 11.5 Å². The van der Waals surface area contributed by atoms with Crippen LogP contribution in [0.5, 0.6) is 11.5 Å². The van der Waals surface area contributed by atoms with Gasteiger partial charge in [0.05, 0.1) is 0 Å². The molecule has 0 unspecified atom stereocenters. The van der Waals surface area contributed by atoms with Gasteiger partial charge in [0, 0.05) is 17.9 Å². The summed E-state index contributed by atoms with van der Waals surface area (Å²) in [7, 11) is 0. The summed E-state index contributed by atoms with van der Waals surface area (Å²) >= 11 is 5.60. The first-order valence-electron chi connectivity index (χ1n) is 6.72. The summed E-state index contributed by atoms with van der Waals surface area (Å²) < 4.78 is 5.68. The molecule has 2 nitrogen and oxygen atoms in total. The maximum Gasteiger partial charge on any atom is 0.162 e. The highest BCUT2D eigenvalue weighted by Gasteiger charge is 2.05. The Morgan fingerprint density at radius 3 is 2.20 bits per heavy atom. The summed E-state index contributed by atoms with van der Waals surface area (Å²) in [5, 5.41) is 0. The molecule has 2 aromatic rings. The molecular formula is C17H17ClO2. The molecule has 0 aliphatic rings. The predicted octanol–water partition coefficient (Wildman–Crippen LogP) is 5.07. The van der Waals surface area contributed by atoms with Crippen LogP contribution in [0.2, 0.25) is 0 Å². The summed E-state index contributed by atoms with van der Waals surface area (Å²) in [6, 6.07) is 16.8. The minimum Gasteiger partial charge on any atom is -0.457 e. The molecule has 0 radical (unpaired) electrons. The lowest BCUT2D eigenvalue weighted by molar-refractivity contribution is 0.0980. The first kappa shape index (κ1) is 14.6. The normalized spacial score (nSPS) is 10.2. The number of benzene rings is 2. The maximum absolute atomic E-state index is 11.9. The molecule has 0 bridgehead atoms. The zero-order valence-electron chi connectivity index (χ0n) is 11.2. The third kappa shape index (κ3) is 4.39. The first-order valence-corrected chi connectivity index (χ1v) is 7.25. The van der Waals surface area contributed by atoms with Crippen LogP contribution in [0.1, 0.15) is 29.6 Å². The van der Waals surface area contributed by atoms with Crippen LogP contribution in [-0.2, 0) is 0 Å². The van der Waals surface area contributed by atoms with E-state index in [1.165, 1.54) is 0 Å². The number of para-hydroxylation sites is 1. The van der Waals surface area contributed by atoms with E-state index in [9.17, 15) is 4.79 Å². The zero-order valence-corrected chi connectivity index (χ0v) is 12.0. The Morgan fingerprint density at radius 1 is 0.900 bits per heavy atom. The predicted molar refractivity (Wildman–Crippen MR) is 81.9 cm³/mol. The van der Waals surface area contributed by atoms with Crippen LogP contribution in [0, 0.1) is 0 Å². The van der Waals surface area contributed by atoms with E-state index in [4.69, 9.17) is 16.3 Å². The number of Topliss-reactive ketones (excluding diaryl/α,β-unsaturated/α-hetero) is 1. The van der Waals surface area contributed by atoms with E-state index in [2.05, 4.69) is 0 Å². The highest BCUT2D eigenvalue weighted by atomic mass is 35.5. The SMILES string of the molecule is O=C(CCCCCl)c1ccc(Oc2ccccc2)cc1. The number of hydrogen-bond acceptors (Lipinski definition) is 2. The molecule has 0 aliphatic heterocycles. The molecule has 104 valence electrons. The number of carbonyl (C=O) groups is 1. The molecule has 0 fully saturated rings. The Labute approximate surface area is 124 Å². The van der Waals surface area contributed by atoms with Gasteiger partial charge in [-0.2, -0.15) is 0 Å². The van der Waals surface area contributed by atoms with Gasteiger partial charge in [0.25, 0.3) is 0 Å². The average molecular weight is 289 g/mol. The van der Waals surface area contributed by atoms with Crippen molar-refractivity contribution >= 4 is 17.4 Å². The van der Waals surface area contributed by atoms with Crippen molar-refractivity contribution < 1.29 is 9.53 Å². The lowest BCUT2D eigenvalue weighted by Crippen LogP contribution is -1.99. The third-order valence-electron chi connectivity index (χ3n) is 2.94. The monoisotopic (exact) mass is 288 g/mol. The van der Waals surface area contributed by atoms with Crippen LogP contribution in [0.4, 0.5) is 0 Å². The highest BCUT2D eigenvalue weighted by Crippen LogP contribution is 2.21. The lowest BCUT2D eigenvalue weighted by Gasteiger charge is -2.06. The van der Waals surface area contributed by atoms with Gasteiger partial charge in [0.15, 0.2) is 5.78 Å². The molecule has 20 heavy (non-hydrogen) atoms. The van der Waals surface area contributed by atoms with Crippen molar-refractivity contribution in [2.24, 2.45) is 0 Å². The third-order valence-corrected chi connectivity index (χ3v) is 3.21. The van der Waals surface area contributed by atoms with Crippen LogP contribution < -0.4 is 4.74 Å². The van der Waals surface area contributed by atoms with E-state index < -0.39 is 0 Å². The van der Waals surface area contributed by atoms with Crippen molar-refractivity contribution in [3.63, 3.8) is 0 Å². The van der Waals surface area contributed by atoms with Gasteiger partial charge in [-0.1, -0.05) is 18.2 Å². The van der Waals surface area contributed by atoms with Crippen molar-refractivity contribution in [2.75, 3.05) is 5.88 Å². The van der Waals surface area contributed by atoms with Crippen molar-refractivity contribution in [3.8, 4) is 11.5 Å². The quantitative estimate of drug-likeness (QED) is 0.404. The standard InChI is InChI=1S/C17H17ClO2/c18-13-5-4-8-17(19)14-9-11-16(12-10-14)20-15-6-2-1-3-7-15/h1-3,6-7,9-12H,4-5,8,13H2. The van der Waals surface area contributed by atoms with E-state index in [0.29, 0.717) is 12.3 Å². The molecule has 0 saturated heterocycles. The molecule has 0 saturated carbocycles. The molecule has 0 atom stereocenters. The van der Waals surface area contributed by atoms with Gasteiger partial charge >= 0.3 is 0 Å². The topological polar surface area (TPSA) is 26.3 Å². The van der Waals surface area contributed by atoms with Crippen LogP contribution in [-0.4, -0.2) is 11.7 Å². The second kappa shape index (κ2) is 7.71. The Hall–Kier alpha value is -1.80. The molecule has 0 aromatic heterocycles. The number of carbonyl (C=O) groups excluding carboxylic acids is 1. The highest BCUT2D eigenvalue weighted by molar-refractivity contribution is 6.17. The summed E-state index contributed by atoms with van der Waals surface area (Å²) in [4.78, 5) is 11.9. The van der Waals surface area contributed by atoms with Crippen LogP contribution in [0.3, 0.4) is 0 Å². The van der Waals surface area contributed by atoms with Crippen molar-refractivity contribution in [3.05, 3.63) is 60.2 Å². The minimum absolute atomic E-state index is 0.154. The minimum atomic E-state index is 0.154. The average Bonchev–Trinajstić information content (AvgIpc) is 2.49. The van der Waals surface area contributed by atoms with E-state index in [1.54, 1.807) is 12.1 Å². The van der Waals surface area contributed by atoms with E-state index in [0.717, 1.165) is 29.9 Å². The van der Waals surface area contributed by atoms with Crippen molar-refractivity contribution in [2.45, 2.75) is 19.3 Å². The number of unbranched alkanes of at least 4 members (excludes halogenated alkanes) is 1. The maximum atomic E-state index is 11.9. The van der Waals surface area contributed by atoms with E-state index in [-0.39, 0.29) is 5.78 Å². The molecule has 0 amide bonds. The molecule has 2 rings (SSSR count). The van der Waals surface area contributed by atoms with Gasteiger partial charge in [-0.3, -0.25) is 4.79 Å². The number of halogens is 1. The first-order chi connectivity index (χ1) is 9.79. The molecule has 0 aliphatic carbocycles. The largest absolute Gasteiger partial charge is 0.457 e. The number of rotatable bonds is 7. The Balaban J connectivity index is 1.94. The molecule has 3 heteroatoms. The number of ether oxygens (including phenoxy) is 1. The molecule has 2 aromatic carbocycles. The Bertz CT molecular complexity index is 535. The number of hydrogen-bond donors (Lipinski definition) is 0. The van der Waals surface area contributed by atoms with Crippen LogP contribution in [0.15, 0.2) is 54.6 Å². The van der Waals surface area contributed by atoms with Gasteiger partial charge in [0.2, 0.25) is 0 Å². The van der Waals surface area contributed by atoms with Gasteiger partial charge in [-0.15, -0.1) is 11.6 Å².